The Balaban J connectivity index is 2.02. The molecule has 5 nitrogen and oxygen atoms in total. The standard InChI is InChI=1S/C13H16N4O/c1-9-11(8-17(2)16-9)7-15-13(18)10-4-3-5-12(14)6-10/h3-6,8H,7,14H2,1-2H3,(H,15,18). The Kier molecular flexibility index (Phi) is 3.32. The van der Waals surface area contributed by atoms with Crippen molar-refractivity contribution in [1.82, 2.24) is 15.1 Å². The van der Waals surface area contributed by atoms with Crippen LogP contribution in [0, 0.1) is 6.92 Å². The topological polar surface area (TPSA) is 72.9 Å². The quantitative estimate of drug-likeness (QED) is 0.798. The Morgan fingerprint density at radius 2 is 2.28 bits per heavy atom. The number of carbonyl (C=O) groups is 1. The zero-order valence-corrected chi connectivity index (χ0v) is 10.5. The summed E-state index contributed by atoms with van der Waals surface area (Å²) in [6.45, 7) is 2.38. The van der Waals surface area contributed by atoms with E-state index in [1.54, 1.807) is 28.9 Å². The van der Waals surface area contributed by atoms with E-state index in [1.165, 1.54) is 0 Å². The molecule has 0 spiro atoms. The molecule has 0 atom stereocenters. The Morgan fingerprint density at radius 3 is 2.89 bits per heavy atom. The van der Waals surface area contributed by atoms with Crippen LogP contribution in [0.1, 0.15) is 21.6 Å². The molecule has 0 saturated heterocycles. The Labute approximate surface area is 106 Å². The summed E-state index contributed by atoms with van der Waals surface area (Å²) in [4.78, 5) is 11.9. The molecule has 94 valence electrons. The van der Waals surface area contributed by atoms with E-state index in [-0.39, 0.29) is 5.91 Å². The molecule has 2 aromatic rings. The minimum absolute atomic E-state index is 0.134. The van der Waals surface area contributed by atoms with Crippen LogP contribution in [-0.2, 0) is 13.6 Å². The van der Waals surface area contributed by atoms with Gasteiger partial charge in [-0.25, -0.2) is 0 Å². The average molecular weight is 244 g/mol. The smallest absolute Gasteiger partial charge is 0.251 e. The molecule has 0 aliphatic rings. The van der Waals surface area contributed by atoms with Crippen molar-refractivity contribution in [3.63, 3.8) is 0 Å². The van der Waals surface area contributed by atoms with E-state index >= 15 is 0 Å². The number of nitrogens with one attached hydrogen (secondary N) is 1. The number of rotatable bonds is 3. The number of aryl methyl sites for hydroxylation is 2. The molecule has 0 aliphatic heterocycles. The van der Waals surface area contributed by atoms with Gasteiger partial charge in [0.15, 0.2) is 0 Å². The summed E-state index contributed by atoms with van der Waals surface area (Å²) in [6.07, 6.45) is 1.90. The fourth-order valence-electron chi connectivity index (χ4n) is 1.78. The highest BCUT2D eigenvalue weighted by molar-refractivity contribution is 5.94. The average Bonchev–Trinajstić information content (AvgIpc) is 2.65. The lowest BCUT2D eigenvalue weighted by Gasteiger charge is -2.05. The molecule has 0 aliphatic carbocycles. The zero-order chi connectivity index (χ0) is 13.1. The Morgan fingerprint density at radius 1 is 1.50 bits per heavy atom. The van der Waals surface area contributed by atoms with Gasteiger partial charge in [-0.2, -0.15) is 5.10 Å². The summed E-state index contributed by atoms with van der Waals surface area (Å²) in [5.41, 5.74) is 8.72. The summed E-state index contributed by atoms with van der Waals surface area (Å²) in [7, 11) is 1.86. The van der Waals surface area contributed by atoms with Gasteiger partial charge >= 0.3 is 0 Å². The maximum absolute atomic E-state index is 11.9. The van der Waals surface area contributed by atoms with Crippen molar-refractivity contribution in [2.75, 3.05) is 5.73 Å². The van der Waals surface area contributed by atoms with Gasteiger partial charge in [0.25, 0.3) is 5.91 Å². The van der Waals surface area contributed by atoms with Crippen LogP contribution in [0.15, 0.2) is 30.5 Å². The summed E-state index contributed by atoms with van der Waals surface area (Å²) in [5, 5.41) is 7.07. The van der Waals surface area contributed by atoms with Crippen molar-refractivity contribution in [3.05, 3.63) is 47.3 Å². The number of carbonyl (C=O) groups excluding carboxylic acids is 1. The number of hydrogen-bond acceptors (Lipinski definition) is 3. The molecule has 18 heavy (non-hydrogen) atoms. The van der Waals surface area contributed by atoms with Crippen LogP contribution in [0.4, 0.5) is 5.69 Å². The van der Waals surface area contributed by atoms with Crippen molar-refractivity contribution in [2.45, 2.75) is 13.5 Å². The molecule has 1 aromatic carbocycles. The van der Waals surface area contributed by atoms with Crippen LogP contribution >= 0.6 is 0 Å². The molecular formula is C13H16N4O. The lowest BCUT2D eigenvalue weighted by molar-refractivity contribution is 0.0951. The molecule has 0 radical (unpaired) electrons. The van der Waals surface area contributed by atoms with Crippen LogP contribution in [0.25, 0.3) is 0 Å². The fourth-order valence-corrected chi connectivity index (χ4v) is 1.78. The highest BCUT2D eigenvalue weighted by Crippen LogP contribution is 2.08. The second-order valence-electron chi connectivity index (χ2n) is 4.22. The van der Waals surface area contributed by atoms with Crippen molar-refractivity contribution in [1.29, 1.82) is 0 Å². The summed E-state index contributed by atoms with van der Waals surface area (Å²) in [5.74, 6) is -0.134. The fraction of sp³-hybridized carbons (Fsp3) is 0.231. The first-order chi connectivity index (χ1) is 8.56. The van der Waals surface area contributed by atoms with Gasteiger partial charge in [0.2, 0.25) is 0 Å². The second kappa shape index (κ2) is 4.91. The number of nitrogens with two attached hydrogens (primary N) is 1. The number of anilines is 1. The van der Waals surface area contributed by atoms with Crippen LogP contribution in [0.5, 0.6) is 0 Å². The molecule has 1 heterocycles. The monoisotopic (exact) mass is 244 g/mol. The van der Waals surface area contributed by atoms with Gasteiger partial charge in [-0.3, -0.25) is 9.48 Å². The van der Waals surface area contributed by atoms with E-state index in [9.17, 15) is 4.79 Å². The van der Waals surface area contributed by atoms with Gasteiger partial charge in [-0.1, -0.05) is 6.07 Å². The number of hydrogen-bond donors (Lipinski definition) is 2. The minimum atomic E-state index is -0.134. The first-order valence-corrected chi connectivity index (χ1v) is 5.69. The maximum atomic E-state index is 11.9. The Bertz CT molecular complexity index is 574. The number of benzene rings is 1. The third kappa shape index (κ3) is 2.68. The van der Waals surface area contributed by atoms with E-state index in [0.717, 1.165) is 11.3 Å². The first-order valence-electron chi connectivity index (χ1n) is 5.69. The van der Waals surface area contributed by atoms with Crippen molar-refractivity contribution >= 4 is 11.6 Å². The van der Waals surface area contributed by atoms with E-state index in [4.69, 9.17) is 5.73 Å². The normalized spacial score (nSPS) is 10.3. The summed E-state index contributed by atoms with van der Waals surface area (Å²) < 4.78 is 1.73. The predicted octanol–water partition coefficient (Wildman–Crippen LogP) is 1.24. The van der Waals surface area contributed by atoms with Gasteiger partial charge in [0.05, 0.1) is 5.69 Å². The number of amides is 1. The van der Waals surface area contributed by atoms with E-state index < -0.39 is 0 Å². The first kappa shape index (κ1) is 12.2. The maximum Gasteiger partial charge on any atom is 0.251 e. The molecular weight excluding hydrogens is 228 g/mol. The van der Waals surface area contributed by atoms with Gasteiger partial charge in [-0.15, -0.1) is 0 Å². The molecule has 0 unspecified atom stereocenters. The molecule has 2 rings (SSSR count). The predicted molar refractivity (Wildman–Crippen MR) is 70.0 cm³/mol. The summed E-state index contributed by atoms with van der Waals surface area (Å²) in [6, 6.07) is 6.91. The molecule has 0 saturated carbocycles. The SMILES string of the molecule is Cc1nn(C)cc1CNC(=O)c1cccc(N)c1. The van der Waals surface area contributed by atoms with Crippen molar-refractivity contribution in [3.8, 4) is 0 Å². The van der Waals surface area contributed by atoms with E-state index in [1.807, 2.05) is 20.2 Å². The van der Waals surface area contributed by atoms with Crippen molar-refractivity contribution < 1.29 is 4.79 Å². The van der Waals surface area contributed by atoms with Crippen LogP contribution < -0.4 is 11.1 Å². The third-order valence-corrected chi connectivity index (χ3v) is 2.70. The molecule has 0 bridgehead atoms. The van der Waals surface area contributed by atoms with Gasteiger partial charge in [-0.05, 0) is 25.1 Å². The minimum Gasteiger partial charge on any atom is -0.399 e. The molecule has 5 heteroatoms. The Hall–Kier alpha value is -2.30. The highest BCUT2D eigenvalue weighted by Gasteiger charge is 2.07. The third-order valence-electron chi connectivity index (χ3n) is 2.70. The largest absolute Gasteiger partial charge is 0.399 e. The molecule has 0 fully saturated rings. The zero-order valence-electron chi connectivity index (χ0n) is 10.5. The summed E-state index contributed by atoms with van der Waals surface area (Å²) >= 11 is 0. The van der Waals surface area contributed by atoms with Crippen LogP contribution in [-0.4, -0.2) is 15.7 Å². The molecule has 1 amide bonds. The second-order valence-corrected chi connectivity index (χ2v) is 4.22. The van der Waals surface area contributed by atoms with Gasteiger partial charge in [0, 0.05) is 36.6 Å². The number of aromatic nitrogens is 2. The lowest BCUT2D eigenvalue weighted by Crippen LogP contribution is -2.23. The highest BCUT2D eigenvalue weighted by atomic mass is 16.1. The van der Waals surface area contributed by atoms with Gasteiger partial charge in [0.1, 0.15) is 0 Å². The lowest BCUT2D eigenvalue weighted by atomic mass is 10.2. The number of nitrogen functional groups attached to an aromatic ring is 1. The van der Waals surface area contributed by atoms with Gasteiger partial charge < -0.3 is 11.1 Å². The van der Waals surface area contributed by atoms with E-state index in [2.05, 4.69) is 10.4 Å². The number of nitrogens with zero attached hydrogens (tertiary/aromatic N) is 2. The molecule has 1 aromatic heterocycles. The van der Waals surface area contributed by atoms with Crippen LogP contribution in [0.3, 0.4) is 0 Å². The van der Waals surface area contributed by atoms with Crippen molar-refractivity contribution in [2.24, 2.45) is 7.05 Å². The van der Waals surface area contributed by atoms with Crippen LogP contribution in [0.2, 0.25) is 0 Å². The van der Waals surface area contributed by atoms with E-state index in [0.29, 0.717) is 17.8 Å². The molecule has 3 N–H and O–H groups in total.